The third kappa shape index (κ3) is 4.94. The van der Waals surface area contributed by atoms with E-state index in [0.717, 1.165) is 22.5 Å². The lowest BCUT2D eigenvalue weighted by atomic mass is 9.97. The summed E-state index contributed by atoms with van der Waals surface area (Å²) in [6, 6.07) is 42.7. The summed E-state index contributed by atoms with van der Waals surface area (Å²) in [5.74, 6) is 0.497. The SMILES string of the molecule is CC(C)c1ccc(NC[C@@H](O)Cn2c(-c3ccccc3)c(-c3ccccc3)c3ccc4ccccc4c32)cc1. The maximum absolute atomic E-state index is 11.4. The van der Waals surface area contributed by atoms with Gasteiger partial charge in [0.1, 0.15) is 0 Å². The van der Waals surface area contributed by atoms with Crippen LogP contribution in [0.2, 0.25) is 0 Å². The van der Waals surface area contributed by atoms with Gasteiger partial charge < -0.3 is 15.0 Å². The summed E-state index contributed by atoms with van der Waals surface area (Å²) >= 11 is 0. The maximum atomic E-state index is 11.4. The third-order valence-electron chi connectivity index (χ3n) is 7.57. The molecule has 1 heterocycles. The van der Waals surface area contributed by atoms with E-state index in [4.69, 9.17) is 0 Å². The van der Waals surface area contributed by atoms with Crippen molar-refractivity contribution in [3.8, 4) is 22.4 Å². The van der Waals surface area contributed by atoms with Crippen molar-refractivity contribution in [1.82, 2.24) is 4.57 Å². The molecule has 0 saturated heterocycles. The molecule has 0 unspecified atom stereocenters. The fourth-order valence-electron chi connectivity index (χ4n) is 5.59. The molecule has 3 heteroatoms. The largest absolute Gasteiger partial charge is 0.389 e. The second kappa shape index (κ2) is 10.8. The molecule has 6 rings (SSSR count). The first-order valence-corrected chi connectivity index (χ1v) is 13.8. The molecule has 3 nitrogen and oxygen atoms in total. The molecule has 5 aromatic carbocycles. The van der Waals surface area contributed by atoms with Gasteiger partial charge in [0.15, 0.2) is 0 Å². The minimum atomic E-state index is -0.588. The molecule has 0 bridgehead atoms. The van der Waals surface area contributed by atoms with E-state index in [9.17, 15) is 5.11 Å². The van der Waals surface area contributed by atoms with E-state index < -0.39 is 6.10 Å². The number of rotatable bonds is 8. The van der Waals surface area contributed by atoms with Crippen LogP contribution in [0.5, 0.6) is 0 Å². The van der Waals surface area contributed by atoms with E-state index in [1.165, 1.54) is 32.8 Å². The van der Waals surface area contributed by atoms with E-state index in [2.05, 4.69) is 145 Å². The fourth-order valence-corrected chi connectivity index (χ4v) is 5.59. The Labute approximate surface area is 230 Å². The summed E-state index contributed by atoms with van der Waals surface area (Å²) in [5.41, 5.74) is 8.14. The zero-order valence-corrected chi connectivity index (χ0v) is 22.5. The zero-order valence-electron chi connectivity index (χ0n) is 22.5. The van der Waals surface area contributed by atoms with E-state index >= 15 is 0 Å². The average Bonchev–Trinajstić information content (AvgIpc) is 3.31. The van der Waals surface area contributed by atoms with E-state index in [-0.39, 0.29) is 0 Å². The number of aliphatic hydroxyl groups is 1. The molecule has 0 saturated carbocycles. The van der Waals surface area contributed by atoms with Crippen molar-refractivity contribution < 1.29 is 5.11 Å². The van der Waals surface area contributed by atoms with Gasteiger partial charge in [-0.1, -0.05) is 123 Å². The molecule has 6 aromatic rings. The standard InChI is InChI=1S/C36H34N2O/c1-25(2)26-17-20-30(21-18-26)37-23-31(39)24-38-35(29-14-7-4-8-15-29)34(28-12-5-3-6-13-28)33-22-19-27-11-9-10-16-32(27)36(33)38/h3-22,25,31,37,39H,23-24H2,1-2H3/t31-/m1/s1. The van der Waals surface area contributed by atoms with Gasteiger partial charge in [-0.3, -0.25) is 0 Å². The highest BCUT2D eigenvalue weighted by Gasteiger charge is 2.23. The zero-order chi connectivity index (χ0) is 26.8. The minimum Gasteiger partial charge on any atom is -0.389 e. The van der Waals surface area contributed by atoms with Crippen LogP contribution < -0.4 is 5.32 Å². The van der Waals surface area contributed by atoms with Crippen LogP contribution in [0.25, 0.3) is 44.1 Å². The summed E-state index contributed by atoms with van der Waals surface area (Å²) < 4.78 is 2.34. The quantitative estimate of drug-likeness (QED) is 0.215. The minimum absolute atomic E-state index is 0.459. The lowest BCUT2D eigenvalue weighted by molar-refractivity contribution is 0.169. The summed E-state index contributed by atoms with van der Waals surface area (Å²) in [7, 11) is 0. The van der Waals surface area contributed by atoms with Gasteiger partial charge in [0.25, 0.3) is 0 Å². The van der Waals surface area contributed by atoms with Gasteiger partial charge in [-0.05, 0) is 40.1 Å². The Hall–Kier alpha value is -4.34. The number of fused-ring (bicyclic) bond motifs is 3. The van der Waals surface area contributed by atoms with Crippen LogP contribution in [0.4, 0.5) is 5.69 Å². The second-order valence-electron chi connectivity index (χ2n) is 10.6. The molecule has 194 valence electrons. The molecule has 39 heavy (non-hydrogen) atoms. The van der Waals surface area contributed by atoms with Crippen molar-refractivity contribution >= 4 is 27.4 Å². The smallest absolute Gasteiger partial charge is 0.0891 e. The Morgan fingerprint density at radius 2 is 1.31 bits per heavy atom. The summed E-state index contributed by atoms with van der Waals surface area (Å²) in [4.78, 5) is 0. The average molecular weight is 511 g/mol. The Bertz CT molecular complexity index is 1700. The second-order valence-corrected chi connectivity index (χ2v) is 10.6. The Morgan fingerprint density at radius 3 is 2.00 bits per heavy atom. The predicted octanol–water partition coefficient (Wildman–Crippen LogP) is 8.72. The molecule has 0 spiro atoms. The molecule has 2 N–H and O–H groups in total. The van der Waals surface area contributed by atoms with Gasteiger partial charge in [-0.15, -0.1) is 0 Å². The monoisotopic (exact) mass is 510 g/mol. The highest BCUT2D eigenvalue weighted by atomic mass is 16.3. The van der Waals surface area contributed by atoms with E-state index in [1.54, 1.807) is 0 Å². The number of nitrogens with zero attached hydrogens (tertiary/aromatic N) is 1. The molecule has 0 aliphatic rings. The van der Waals surface area contributed by atoms with Crippen LogP contribution >= 0.6 is 0 Å². The molecular weight excluding hydrogens is 476 g/mol. The Morgan fingerprint density at radius 1 is 0.667 bits per heavy atom. The molecule has 0 aliphatic carbocycles. The van der Waals surface area contributed by atoms with Gasteiger partial charge in [0.05, 0.1) is 23.9 Å². The fraction of sp³-hybridized carbons (Fsp3) is 0.167. The summed E-state index contributed by atoms with van der Waals surface area (Å²) in [6.07, 6.45) is -0.588. The van der Waals surface area contributed by atoms with Crippen LogP contribution in [0, 0.1) is 0 Å². The van der Waals surface area contributed by atoms with Gasteiger partial charge in [-0.2, -0.15) is 0 Å². The van der Waals surface area contributed by atoms with Gasteiger partial charge in [0, 0.05) is 28.6 Å². The van der Waals surface area contributed by atoms with Crippen LogP contribution in [-0.4, -0.2) is 22.3 Å². The molecule has 1 aromatic heterocycles. The first kappa shape index (κ1) is 25.0. The Kier molecular flexibility index (Phi) is 6.91. The Balaban J connectivity index is 1.47. The molecule has 0 amide bonds. The van der Waals surface area contributed by atoms with Crippen LogP contribution in [0.1, 0.15) is 25.3 Å². The van der Waals surface area contributed by atoms with Gasteiger partial charge in [0.2, 0.25) is 0 Å². The van der Waals surface area contributed by atoms with Crippen molar-refractivity contribution in [3.05, 3.63) is 127 Å². The highest BCUT2D eigenvalue weighted by Crippen LogP contribution is 2.43. The van der Waals surface area contributed by atoms with Crippen LogP contribution in [0.3, 0.4) is 0 Å². The normalized spacial score (nSPS) is 12.3. The van der Waals surface area contributed by atoms with Crippen molar-refractivity contribution in [2.45, 2.75) is 32.4 Å². The molecule has 0 aliphatic heterocycles. The van der Waals surface area contributed by atoms with E-state index in [1.807, 2.05) is 0 Å². The number of aliphatic hydroxyl groups excluding tert-OH is 1. The molecule has 1 atom stereocenters. The van der Waals surface area contributed by atoms with Crippen molar-refractivity contribution in [1.29, 1.82) is 0 Å². The highest BCUT2D eigenvalue weighted by molar-refractivity contribution is 6.15. The van der Waals surface area contributed by atoms with Crippen molar-refractivity contribution in [2.24, 2.45) is 0 Å². The first-order valence-electron chi connectivity index (χ1n) is 13.8. The lowest BCUT2D eigenvalue weighted by Gasteiger charge is -2.19. The van der Waals surface area contributed by atoms with Gasteiger partial charge in [-0.25, -0.2) is 0 Å². The number of benzene rings is 5. The maximum Gasteiger partial charge on any atom is 0.0891 e. The predicted molar refractivity (Wildman–Crippen MR) is 165 cm³/mol. The van der Waals surface area contributed by atoms with Crippen molar-refractivity contribution in [2.75, 3.05) is 11.9 Å². The van der Waals surface area contributed by atoms with Gasteiger partial charge >= 0.3 is 0 Å². The molecule has 0 fully saturated rings. The van der Waals surface area contributed by atoms with E-state index in [0.29, 0.717) is 19.0 Å². The lowest BCUT2D eigenvalue weighted by Crippen LogP contribution is -2.25. The number of anilines is 1. The number of hydrogen-bond donors (Lipinski definition) is 2. The summed E-state index contributed by atoms with van der Waals surface area (Å²) in [6.45, 7) is 5.33. The topological polar surface area (TPSA) is 37.2 Å². The summed E-state index contributed by atoms with van der Waals surface area (Å²) in [5, 5.41) is 18.4. The number of aromatic nitrogens is 1. The third-order valence-corrected chi connectivity index (χ3v) is 7.57. The van der Waals surface area contributed by atoms with Crippen LogP contribution in [-0.2, 0) is 6.54 Å². The number of nitrogens with one attached hydrogen (secondary N) is 1. The van der Waals surface area contributed by atoms with Crippen molar-refractivity contribution in [3.63, 3.8) is 0 Å². The molecular formula is C36H34N2O. The first-order chi connectivity index (χ1) is 19.1. The molecule has 0 radical (unpaired) electrons. The number of hydrogen-bond acceptors (Lipinski definition) is 2. The van der Waals surface area contributed by atoms with Crippen LogP contribution in [0.15, 0.2) is 121 Å².